The van der Waals surface area contributed by atoms with Gasteiger partial charge in [-0.25, -0.2) is 13.7 Å². The molecule has 8 heteroatoms. The van der Waals surface area contributed by atoms with Crippen molar-refractivity contribution in [1.29, 1.82) is 0 Å². The molecule has 0 saturated heterocycles. The number of halogens is 1. The van der Waals surface area contributed by atoms with Gasteiger partial charge in [-0.3, -0.25) is 0 Å². The van der Waals surface area contributed by atoms with Crippen molar-refractivity contribution in [2.24, 2.45) is 0 Å². The first-order valence-electron chi connectivity index (χ1n) is 8.73. The summed E-state index contributed by atoms with van der Waals surface area (Å²) >= 11 is 1.42. The minimum absolute atomic E-state index is 0.227. The highest BCUT2D eigenvalue weighted by Gasteiger charge is 2.14. The van der Waals surface area contributed by atoms with E-state index in [1.807, 2.05) is 35.7 Å². The summed E-state index contributed by atoms with van der Waals surface area (Å²) in [6.45, 7) is 0.624. The van der Waals surface area contributed by atoms with Crippen LogP contribution in [0.25, 0.3) is 16.3 Å². The number of benzene rings is 2. The largest absolute Gasteiger partial charge is 0.445 e. The Kier molecular flexibility index (Phi) is 5.29. The number of ether oxygens (including phenoxy) is 1. The van der Waals surface area contributed by atoms with Crippen LogP contribution in [0.3, 0.4) is 0 Å². The van der Waals surface area contributed by atoms with E-state index in [1.54, 1.807) is 22.7 Å². The Bertz CT molecular complexity index is 1090. The lowest BCUT2D eigenvalue weighted by Crippen LogP contribution is -2.26. The zero-order valence-corrected chi connectivity index (χ0v) is 15.7. The van der Waals surface area contributed by atoms with Crippen LogP contribution in [-0.4, -0.2) is 27.2 Å². The number of nitrogens with zero attached hydrogens (tertiary/aromatic N) is 3. The fourth-order valence-electron chi connectivity index (χ4n) is 2.72. The van der Waals surface area contributed by atoms with Gasteiger partial charge in [-0.2, -0.15) is 4.98 Å². The van der Waals surface area contributed by atoms with E-state index in [-0.39, 0.29) is 12.4 Å². The predicted molar refractivity (Wildman–Crippen MR) is 105 cm³/mol. The van der Waals surface area contributed by atoms with Crippen molar-refractivity contribution < 1.29 is 13.9 Å². The summed E-state index contributed by atoms with van der Waals surface area (Å²) in [4.78, 5) is 16.9. The van der Waals surface area contributed by atoms with Gasteiger partial charge in [0.15, 0.2) is 5.82 Å². The average molecular weight is 396 g/mol. The first-order chi connectivity index (χ1) is 13.7. The number of hydrogen-bond acceptors (Lipinski definition) is 5. The third kappa shape index (κ3) is 4.01. The molecule has 0 fully saturated rings. The number of fused-ring (bicyclic) bond motifs is 1. The molecule has 0 radical (unpaired) electrons. The maximum Gasteiger partial charge on any atom is 0.407 e. The fourth-order valence-corrected chi connectivity index (χ4v) is 3.58. The molecule has 0 aliphatic rings. The summed E-state index contributed by atoms with van der Waals surface area (Å²) in [5.41, 5.74) is 2.19. The molecule has 2 heterocycles. The van der Waals surface area contributed by atoms with E-state index >= 15 is 0 Å². The number of thiazole rings is 1. The molecule has 0 bridgehead atoms. The number of rotatable bonds is 6. The van der Waals surface area contributed by atoms with Gasteiger partial charge in [0.1, 0.15) is 12.4 Å². The number of carbonyl (C=O) groups excluding carboxylic acids is 1. The van der Waals surface area contributed by atoms with Crippen LogP contribution >= 0.6 is 11.3 Å². The fraction of sp³-hybridized carbons (Fsp3) is 0.150. The monoisotopic (exact) mass is 396 g/mol. The van der Waals surface area contributed by atoms with E-state index in [4.69, 9.17) is 4.74 Å². The Balaban J connectivity index is 1.35. The molecular weight excluding hydrogens is 379 g/mol. The van der Waals surface area contributed by atoms with E-state index < -0.39 is 6.09 Å². The second-order valence-electron chi connectivity index (χ2n) is 6.08. The molecule has 0 atom stereocenters. The quantitative estimate of drug-likeness (QED) is 0.534. The van der Waals surface area contributed by atoms with Crippen LogP contribution in [0, 0.1) is 5.82 Å². The minimum atomic E-state index is -0.471. The SMILES string of the molecule is O=C(NCCc1csc2nc(-c3ccccc3F)nn12)OCc1ccccc1. The molecule has 0 aliphatic carbocycles. The number of aromatic nitrogens is 3. The summed E-state index contributed by atoms with van der Waals surface area (Å²) in [5.74, 6) is -0.00781. The van der Waals surface area contributed by atoms with E-state index in [0.29, 0.717) is 29.3 Å². The molecule has 4 rings (SSSR count). The number of hydrogen-bond donors (Lipinski definition) is 1. The normalized spacial score (nSPS) is 10.9. The smallest absolute Gasteiger partial charge is 0.407 e. The van der Waals surface area contributed by atoms with Crippen molar-refractivity contribution in [2.45, 2.75) is 13.0 Å². The summed E-state index contributed by atoms with van der Waals surface area (Å²) < 4.78 is 20.8. The predicted octanol–water partition coefficient (Wildman–Crippen LogP) is 4.07. The van der Waals surface area contributed by atoms with Gasteiger partial charge >= 0.3 is 6.09 Å². The minimum Gasteiger partial charge on any atom is -0.445 e. The molecular formula is C20H17FN4O2S. The topological polar surface area (TPSA) is 68.5 Å². The van der Waals surface area contributed by atoms with Gasteiger partial charge in [0, 0.05) is 18.3 Å². The lowest BCUT2D eigenvalue weighted by Gasteiger charge is -2.06. The molecule has 6 nitrogen and oxygen atoms in total. The second-order valence-corrected chi connectivity index (χ2v) is 6.91. The molecule has 4 aromatic rings. The summed E-state index contributed by atoms with van der Waals surface area (Å²) in [6, 6.07) is 15.9. The van der Waals surface area contributed by atoms with Crippen molar-refractivity contribution in [1.82, 2.24) is 19.9 Å². The molecule has 1 amide bonds. The van der Waals surface area contributed by atoms with Gasteiger partial charge in [0.2, 0.25) is 4.96 Å². The van der Waals surface area contributed by atoms with E-state index in [0.717, 1.165) is 11.3 Å². The Hall–Kier alpha value is -3.26. The number of alkyl carbamates (subject to hydrolysis) is 1. The molecule has 0 aliphatic heterocycles. The van der Waals surface area contributed by atoms with Crippen LogP contribution in [0.4, 0.5) is 9.18 Å². The van der Waals surface area contributed by atoms with E-state index in [1.165, 1.54) is 17.4 Å². The van der Waals surface area contributed by atoms with Crippen molar-refractivity contribution in [3.63, 3.8) is 0 Å². The van der Waals surface area contributed by atoms with Gasteiger partial charge in [0.25, 0.3) is 0 Å². The molecule has 28 heavy (non-hydrogen) atoms. The van der Waals surface area contributed by atoms with Crippen LogP contribution < -0.4 is 5.32 Å². The van der Waals surface area contributed by atoms with E-state index in [9.17, 15) is 9.18 Å². The van der Waals surface area contributed by atoms with Crippen molar-refractivity contribution in [3.05, 3.63) is 77.1 Å². The maximum atomic E-state index is 14.0. The molecule has 0 spiro atoms. The zero-order valence-electron chi connectivity index (χ0n) is 14.8. The molecule has 2 aromatic carbocycles. The standard InChI is InChI=1S/C20H17FN4O2S/c21-17-9-5-4-8-16(17)18-23-19-25(24-18)15(13-28-19)10-11-22-20(26)27-12-14-6-2-1-3-7-14/h1-9,13H,10-12H2,(H,22,26). The van der Waals surface area contributed by atoms with Crippen LogP contribution in [0.5, 0.6) is 0 Å². The third-order valence-corrected chi connectivity index (χ3v) is 4.99. The second kappa shape index (κ2) is 8.18. The van der Waals surface area contributed by atoms with Crippen molar-refractivity contribution in [2.75, 3.05) is 6.54 Å². The van der Waals surface area contributed by atoms with Crippen LogP contribution in [0.1, 0.15) is 11.3 Å². The number of amides is 1. The Labute approximate surface area is 164 Å². The summed E-state index contributed by atoms with van der Waals surface area (Å²) in [6.07, 6.45) is 0.0847. The van der Waals surface area contributed by atoms with Crippen LogP contribution in [-0.2, 0) is 17.8 Å². The lowest BCUT2D eigenvalue weighted by molar-refractivity contribution is 0.140. The highest BCUT2D eigenvalue weighted by atomic mass is 32.1. The third-order valence-electron chi connectivity index (χ3n) is 4.13. The Morgan fingerprint density at radius 1 is 1.14 bits per heavy atom. The summed E-state index contributed by atoms with van der Waals surface area (Å²) in [7, 11) is 0. The molecule has 1 N–H and O–H groups in total. The van der Waals surface area contributed by atoms with Crippen LogP contribution in [0.2, 0.25) is 0 Å². The average Bonchev–Trinajstić information content (AvgIpc) is 3.29. The van der Waals surface area contributed by atoms with Gasteiger partial charge in [-0.05, 0) is 17.7 Å². The Morgan fingerprint density at radius 3 is 2.75 bits per heavy atom. The molecule has 142 valence electrons. The highest BCUT2D eigenvalue weighted by molar-refractivity contribution is 7.15. The first-order valence-corrected chi connectivity index (χ1v) is 9.61. The van der Waals surface area contributed by atoms with Gasteiger partial charge in [0.05, 0.1) is 11.3 Å². The number of nitrogens with one attached hydrogen (secondary N) is 1. The lowest BCUT2D eigenvalue weighted by atomic mass is 10.2. The Morgan fingerprint density at radius 2 is 1.93 bits per heavy atom. The molecule has 2 aromatic heterocycles. The first kappa shape index (κ1) is 18.1. The zero-order chi connectivity index (χ0) is 19.3. The highest BCUT2D eigenvalue weighted by Crippen LogP contribution is 2.23. The van der Waals surface area contributed by atoms with Gasteiger partial charge in [-0.15, -0.1) is 16.4 Å². The molecule has 0 unspecified atom stereocenters. The van der Waals surface area contributed by atoms with Crippen molar-refractivity contribution >= 4 is 22.4 Å². The van der Waals surface area contributed by atoms with Crippen LogP contribution in [0.15, 0.2) is 60.0 Å². The molecule has 0 saturated carbocycles. The maximum absolute atomic E-state index is 14.0. The van der Waals surface area contributed by atoms with Gasteiger partial charge < -0.3 is 10.1 Å². The number of carbonyl (C=O) groups is 1. The van der Waals surface area contributed by atoms with Crippen molar-refractivity contribution in [3.8, 4) is 11.4 Å². The summed E-state index contributed by atoms with van der Waals surface area (Å²) in [5, 5.41) is 9.06. The van der Waals surface area contributed by atoms with Gasteiger partial charge in [-0.1, -0.05) is 42.5 Å². The van der Waals surface area contributed by atoms with E-state index in [2.05, 4.69) is 15.4 Å².